The molecule has 0 atom stereocenters. The van der Waals surface area contributed by atoms with Gasteiger partial charge in [0, 0.05) is 0 Å². The highest BCUT2D eigenvalue weighted by atomic mass is 16.5. The molecule has 1 saturated carbocycles. The number of benzene rings is 2. The molecule has 186 valence electrons. The third kappa shape index (κ3) is 9.04. The molecule has 0 heterocycles. The van der Waals surface area contributed by atoms with Crippen molar-refractivity contribution in [3.63, 3.8) is 0 Å². The van der Waals surface area contributed by atoms with Crippen LogP contribution in [0, 0.1) is 11.8 Å². The van der Waals surface area contributed by atoms with E-state index in [4.69, 9.17) is 14.2 Å². The first-order valence-corrected chi connectivity index (χ1v) is 13.4. The summed E-state index contributed by atoms with van der Waals surface area (Å²) in [7, 11) is 0. The molecule has 0 radical (unpaired) electrons. The van der Waals surface area contributed by atoms with Gasteiger partial charge in [0.05, 0.1) is 18.8 Å². The normalized spacial score (nSPS) is 17.8. The smallest absolute Gasteiger partial charge is 0.343 e. The number of hydrogen-bond donors (Lipinski definition) is 0. The second-order valence-corrected chi connectivity index (χ2v) is 9.61. The number of carbonyl (C=O) groups is 1. The number of carbonyl (C=O) groups excluding carboxylic acids is 1. The van der Waals surface area contributed by atoms with E-state index in [0.717, 1.165) is 42.8 Å². The van der Waals surface area contributed by atoms with E-state index in [9.17, 15) is 4.79 Å². The fourth-order valence-corrected chi connectivity index (χ4v) is 4.73. The van der Waals surface area contributed by atoms with Gasteiger partial charge in [-0.05, 0) is 79.6 Å². The summed E-state index contributed by atoms with van der Waals surface area (Å²) >= 11 is 0. The molecular formula is C30H42O4. The van der Waals surface area contributed by atoms with Crippen LogP contribution >= 0.6 is 0 Å². The minimum absolute atomic E-state index is 0.379. The van der Waals surface area contributed by atoms with Gasteiger partial charge in [-0.2, -0.15) is 0 Å². The molecule has 0 spiro atoms. The van der Waals surface area contributed by atoms with Crippen LogP contribution < -0.4 is 14.2 Å². The molecule has 1 fully saturated rings. The van der Waals surface area contributed by atoms with Crippen molar-refractivity contribution in [2.24, 2.45) is 11.8 Å². The summed E-state index contributed by atoms with van der Waals surface area (Å²) in [6, 6.07) is 14.3. The number of ether oxygens (including phenoxy) is 3. The Morgan fingerprint density at radius 2 is 1.21 bits per heavy atom. The van der Waals surface area contributed by atoms with Gasteiger partial charge in [0.25, 0.3) is 0 Å². The zero-order valence-corrected chi connectivity index (χ0v) is 21.1. The van der Waals surface area contributed by atoms with E-state index in [-0.39, 0.29) is 5.97 Å². The van der Waals surface area contributed by atoms with Crippen molar-refractivity contribution in [2.75, 3.05) is 13.2 Å². The number of unbranched alkanes of at least 4 members (excludes halogenated alkanes) is 2. The molecule has 0 bridgehead atoms. The highest BCUT2D eigenvalue weighted by Crippen LogP contribution is 2.34. The summed E-state index contributed by atoms with van der Waals surface area (Å²) in [4.78, 5) is 12.4. The molecule has 1 aliphatic rings. The zero-order chi connectivity index (χ0) is 24.0. The SMILES string of the molecule is CCCCCC1CCC(CCCOc2ccc(OC(=O)c3ccc(OCCC)cc3)cc2)CC1. The zero-order valence-electron chi connectivity index (χ0n) is 21.1. The molecule has 1 aliphatic carbocycles. The molecule has 4 nitrogen and oxygen atoms in total. The van der Waals surface area contributed by atoms with Crippen molar-refractivity contribution < 1.29 is 19.0 Å². The summed E-state index contributed by atoms with van der Waals surface area (Å²) in [5, 5.41) is 0. The Morgan fingerprint density at radius 1 is 0.676 bits per heavy atom. The largest absolute Gasteiger partial charge is 0.494 e. The minimum atomic E-state index is -0.379. The van der Waals surface area contributed by atoms with Crippen LogP contribution in [0.25, 0.3) is 0 Å². The maximum atomic E-state index is 12.4. The molecular weight excluding hydrogens is 424 g/mol. The Kier molecular flexibility index (Phi) is 11.3. The van der Waals surface area contributed by atoms with Crippen LogP contribution in [0.2, 0.25) is 0 Å². The number of esters is 1. The Bertz CT molecular complexity index is 820. The van der Waals surface area contributed by atoms with Gasteiger partial charge in [-0.15, -0.1) is 0 Å². The summed E-state index contributed by atoms with van der Waals surface area (Å²) in [5.41, 5.74) is 0.499. The Labute approximate surface area is 206 Å². The molecule has 0 amide bonds. The van der Waals surface area contributed by atoms with E-state index in [1.54, 1.807) is 36.4 Å². The monoisotopic (exact) mass is 466 g/mol. The lowest BCUT2D eigenvalue weighted by Crippen LogP contribution is -2.15. The van der Waals surface area contributed by atoms with E-state index in [1.807, 2.05) is 12.1 Å². The maximum absolute atomic E-state index is 12.4. The van der Waals surface area contributed by atoms with Gasteiger partial charge in [0.1, 0.15) is 17.2 Å². The van der Waals surface area contributed by atoms with Gasteiger partial charge in [-0.3, -0.25) is 0 Å². The van der Waals surface area contributed by atoms with Crippen LogP contribution in [0.1, 0.15) is 94.8 Å². The lowest BCUT2D eigenvalue weighted by molar-refractivity contribution is 0.0734. The molecule has 0 aliphatic heterocycles. The number of hydrogen-bond acceptors (Lipinski definition) is 4. The van der Waals surface area contributed by atoms with Gasteiger partial charge in [0.15, 0.2) is 0 Å². The van der Waals surface area contributed by atoms with Crippen LogP contribution in [-0.4, -0.2) is 19.2 Å². The molecule has 2 aromatic rings. The average Bonchev–Trinajstić information content (AvgIpc) is 2.87. The van der Waals surface area contributed by atoms with Crippen LogP contribution in [-0.2, 0) is 0 Å². The standard InChI is InChI=1S/C30H42O4/c1-3-5-6-8-24-10-12-25(13-11-24)9-7-23-33-28-18-20-29(21-19-28)34-30(31)26-14-16-27(17-15-26)32-22-4-2/h14-21,24-25H,3-13,22-23H2,1-2H3. The summed E-state index contributed by atoms with van der Waals surface area (Å²) in [5.74, 6) is 3.56. The maximum Gasteiger partial charge on any atom is 0.343 e. The second-order valence-electron chi connectivity index (χ2n) is 9.61. The molecule has 0 aromatic heterocycles. The summed E-state index contributed by atoms with van der Waals surface area (Å²) < 4.78 is 17.0. The van der Waals surface area contributed by atoms with Crippen molar-refractivity contribution >= 4 is 5.97 Å². The van der Waals surface area contributed by atoms with E-state index in [0.29, 0.717) is 17.9 Å². The van der Waals surface area contributed by atoms with Crippen molar-refractivity contribution in [1.82, 2.24) is 0 Å². The van der Waals surface area contributed by atoms with Crippen LogP contribution in [0.4, 0.5) is 0 Å². The van der Waals surface area contributed by atoms with Gasteiger partial charge >= 0.3 is 5.97 Å². The molecule has 0 unspecified atom stereocenters. The quantitative estimate of drug-likeness (QED) is 0.160. The highest BCUT2D eigenvalue weighted by molar-refractivity contribution is 5.91. The predicted molar refractivity (Wildman–Crippen MR) is 138 cm³/mol. The van der Waals surface area contributed by atoms with Crippen LogP contribution in [0.3, 0.4) is 0 Å². The summed E-state index contributed by atoms with van der Waals surface area (Å²) in [6.07, 6.45) is 14.5. The van der Waals surface area contributed by atoms with Gasteiger partial charge < -0.3 is 14.2 Å². The first-order valence-electron chi connectivity index (χ1n) is 13.4. The lowest BCUT2D eigenvalue weighted by atomic mass is 9.78. The van der Waals surface area contributed by atoms with Crippen LogP contribution in [0.15, 0.2) is 48.5 Å². The van der Waals surface area contributed by atoms with Crippen LogP contribution in [0.5, 0.6) is 17.2 Å². The molecule has 2 aromatic carbocycles. The van der Waals surface area contributed by atoms with Gasteiger partial charge in [-0.25, -0.2) is 4.79 Å². The molecule has 0 saturated heterocycles. The highest BCUT2D eigenvalue weighted by Gasteiger charge is 2.20. The van der Waals surface area contributed by atoms with Gasteiger partial charge in [-0.1, -0.05) is 65.2 Å². The second kappa shape index (κ2) is 14.7. The molecule has 3 rings (SSSR count). The topological polar surface area (TPSA) is 44.8 Å². The minimum Gasteiger partial charge on any atom is -0.494 e. The predicted octanol–water partition coefficient (Wildman–Crippen LogP) is 8.24. The third-order valence-corrected chi connectivity index (χ3v) is 6.80. The molecule has 0 N–H and O–H groups in total. The average molecular weight is 467 g/mol. The van der Waals surface area contributed by atoms with E-state index in [1.165, 1.54) is 57.8 Å². The summed E-state index contributed by atoms with van der Waals surface area (Å²) in [6.45, 7) is 5.75. The molecule has 4 heteroatoms. The number of rotatable bonds is 14. The van der Waals surface area contributed by atoms with E-state index in [2.05, 4.69) is 13.8 Å². The van der Waals surface area contributed by atoms with E-state index >= 15 is 0 Å². The Balaban J connectivity index is 1.31. The Morgan fingerprint density at radius 3 is 1.79 bits per heavy atom. The first-order chi connectivity index (χ1) is 16.7. The Hall–Kier alpha value is -2.49. The fourth-order valence-electron chi connectivity index (χ4n) is 4.73. The lowest BCUT2D eigenvalue weighted by Gasteiger charge is -2.28. The first kappa shape index (κ1) is 26.1. The van der Waals surface area contributed by atoms with Crippen molar-refractivity contribution in [3.05, 3.63) is 54.1 Å². The van der Waals surface area contributed by atoms with Crippen molar-refractivity contribution in [3.8, 4) is 17.2 Å². The third-order valence-electron chi connectivity index (χ3n) is 6.80. The van der Waals surface area contributed by atoms with E-state index < -0.39 is 0 Å². The van der Waals surface area contributed by atoms with Gasteiger partial charge in [0.2, 0.25) is 0 Å². The molecule has 34 heavy (non-hydrogen) atoms. The van der Waals surface area contributed by atoms with Crippen molar-refractivity contribution in [2.45, 2.75) is 84.5 Å². The van der Waals surface area contributed by atoms with Crippen molar-refractivity contribution in [1.29, 1.82) is 0 Å². The fraction of sp³-hybridized carbons (Fsp3) is 0.567.